The lowest BCUT2D eigenvalue weighted by atomic mass is 9.97. The Labute approximate surface area is 109 Å². The molecule has 0 atom stereocenters. The monoisotopic (exact) mass is 261 g/mol. The highest BCUT2D eigenvalue weighted by Gasteiger charge is 2.10. The van der Waals surface area contributed by atoms with Crippen molar-refractivity contribution in [3.8, 4) is 0 Å². The summed E-state index contributed by atoms with van der Waals surface area (Å²) in [5.74, 6) is 0. The number of hydrogen-bond acceptors (Lipinski definition) is 1. The van der Waals surface area contributed by atoms with E-state index in [0.29, 0.717) is 10.0 Å². The first-order valence-electron chi connectivity index (χ1n) is 5.61. The van der Waals surface area contributed by atoms with Crippen LogP contribution in [0.15, 0.2) is 18.2 Å². The van der Waals surface area contributed by atoms with Crippen molar-refractivity contribution in [3.05, 3.63) is 33.8 Å². The predicted molar refractivity (Wildman–Crippen MR) is 74.4 cm³/mol. The first-order valence-corrected chi connectivity index (χ1v) is 6.37. The number of hydrogen-bond donors (Lipinski definition) is 1. The van der Waals surface area contributed by atoms with Crippen LogP contribution >= 0.6 is 23.2 Å². The lowest BCUT2D eigenvalue weighted by Gasteiger charge is -2.18. The first kappa shape index (κ1) is 15.8. The van der Waals surface area contributed by atoms with Gasteiger partial charge in [0.25, 0.3) is 0 Å². The molecule has 2 N–H and O–H groups in total. The second-order valence-electron chi connectivity index (χ2n) is 4.24. The molecule has 0 saturated carbocycles. The molecule has 0 spiro atoms. The van der Waals surface area contributed by atoms with Crippen molar-refractivity contribution in [1.29, 1.82) is 0 Å². The van der Waals surface area contributed by atoms with Crippen LogP contribution in [-0.2, 0) is 6.42 Å². The van der Waals surface area contributed by atoms with Crippen molar-refractivity contribution in [2.24, 2.45) is 5.73 Å². The number of nitrogens with two attached hydrogens (primary N) is 1. The molecule has 1 rings (SSSR count). The molecule has 1 aromatic rings. The van der Waals surface area contributed by atoms with Gasteiger partial charge in [-0.15, -0.1) is 0 Å². The van der Waals surface area contributed by atoms with Crippen LogP contribution in [0.3, 0.4) is 0 Å². The van der Waals surface area contributed by atoms with Crippen molar-refractivity contribution in [2.75, 3.05) is 0 Å². The molecule has 0 bridgehead atoms. The Morgan fingerprint density at radius 3 is 2.12 bits per heavy atom. The Hall–Kier alpha value is -0.240. The second-order valence-corrected chi connectivity index (χ2v) is 5.05. The summed E-state index contributed by atoms with van der Waals surface area (Å²) < 4.78 is 0. The highest BCUT2D eigenvalue weighted by Crippen LogP contribution is 2.23. The van der Waals surface area contributed by atoms with E-state index in [-0.39, 0.29) is 5.54 Å². The van der Waals surface area contributed by atoms with Crippen LogP contribution < -0.4 is 5.73 Å². The van der Waals surface area contributed by atoms with Gasteiger partial charge in [-0.3, -0.25) is 0 Å². The summed E-state index contributed by atoms with van der Waals surface area (Å²) in [5, 5.41) is 1.21. The van der Waals surface area contributed by atoms with Crippen LogP contribution in [0.25, 0.3) is 0 Å². The van der Waals surface area contributed by atoms with Gasteiger partial charge in [0, 0.05) is 5.54 Å². The highest BCUT2D eigenvalue weighted by atomic mass is 35.5. The zero-order valence-electron chi connectivity index (χ0n) is 10.5. The molecule has 92 valence electrons. The van der Waals surface area contributed by atoms with E-state index in [1.54, 1.807) is 0 Å². The largest absolute Gasteiger partial charge is 0.326 e. The fourth-order valence-corrected chi connectivity index (χ4v) is 1.48. The maximum absolute atomic E-state index is 5.90. The molecular formula is C13H21Cl2N. The summed E-state index contributed by atoms with van der Waals surface area (Å²) in [6.07, 6.45) is 1.87. The molecule has 0 amide bonds. The summed E-state index contributed by atoms with van der Waals surface area (Å²) >= 11 is 11.7. The van der Waals surface area contributed by atoms with Crippen LogP contribution in [0.1, 0.15) is 39.7 Å². The van der Waals surface area contributed by atoms with Crippen LogP contribution in [-0.4, -0.2) is 5.54 Å². The average molecular weight is 262 g/mol. The second kappa shape index (κ2) is 7.16. The van der Waals surface area contributed by atoms with Gasteiger partial charge >= 0.3 is 0 Å². The lowest BCUT2D eigenvalue weighted by Crippen LogP contribution is -2.32. The van der Waals surface area contributed by atoms with E-state index in [9.17, 15) is 0 Å². The number of benzene rings is 1. The normalized spacial score (nSPS) is 10.7. The number of halogens is 2. The molecule has 0 heterocycles. The smallest absolute Gasteiger partial charge is 0.0595 e. The van der Waals surface area contributed by atoms with Crippen molar-refractivity contribution < 1.29 is 0 Å². The van der Waals surface area contributed by atoms with Crippen molar-refractivity contribution in [2.45, 2.75) is 46.1 Å². The quantitative estimate of drug-likeness (QED) is 0.840. The SMILES string of the molecule is CC.CC(C)(N)CCc1ccc(Cl)c(Cl)c1. The Kier molecular flexibility index (Phi) is 7.05. The summed E-state index contributed by atoms with van der Waals surface area (Å²) in [5.41, 5.74) is 6.94. The minimum absolute atomic E-state index is 0.133. The molecule has 0 fully saturated rings. The van der Waals surface area contributed by atoms with Gasteiger partial charge in [0.1, 0.15) is 0 Å². The van der Waals surface area contributed by atoms with E-state index in [1.807, 2.05) is 45.9 Å². The van der Waals surface area contributed by atoms with Crippen LogP contribution in [0.4, 0.5) is 0 Å². The highest BCUT2D eigenvalue weighted by molar-refractivity contribution is 6.42. The van der Waals surface area contributed by atoms with E-state index in [2.05, 4.69) is 0 Å². The fourth-order valence-electron chi connectivity index (χ4n) is 1.16. The average Bonchev–Trinajstić information content (AvgIpc) is 2.22. The summed E-state index contributed by atoms with van der Waals surface area (Å²) in [4.78, 5) is 0. The van der Waals surface area contributed by atoms with Crippen molar-refractivity contribution in [1.82, 2.24) is 0 Å². The van der Waals surface area contributed by atoms with E-state index >= 15 is 0 Å². The van der Waals surface area contributed by atoms with Gasteiger partial charge in [-0.1, -0.05) is 43.1 Å². The Morgan fingerprint density at radius 1 is 1.12 bits per heavy atom. The molecule has 3 heteroatoms. The minimum Gasteiger partial charge on any atom is -0.326 e. The Morgan fingerprint density at radius 2 is 1.69 bits per heavy atom. The number of aryl methyl sites for hydroxylation is 1. The van der Waals surface area contributed by atoms with E-state index < -0.39 is 0 Å². The van der Waals surface area contributed by atoms with Gasteiger partial charge < -0.3 is 5.73 Å². The molecular weight excluding hydrogens is 241 g/mol. The van der Waals surface area contributed by atoms with E-state index in [1.165, 1.54) is 5.56 Å². The van der Waals surface area contributed by atoms with Gasteiger partial charge in [-0.05, 0) is 44.4 Å². The van der Waals surface area contributed by atoms with Gasteiger partial charge in [0.2, 0.25) is 0 Å². The Bertz CT molecular complexity index is 316. The molecule has 1 nitrogen and oxygen atoms in total. The van der Waals surface area contributed by atoms with E-state index in [4.69, 9.17) is 28.9 Å². The predicted octanol–water partition coefficient (Wildman–Crippen LogP) is 4.69. The molecule has 16 heavy (non-hydrogen) atoms. The minimum atomic E-state index is -0.133. The third kappa shape index (κ3) is 6.37. The zero-order chi connectivity index (χ0) is 12.8. The number of rotatable bonds is 3. The molecule has 0 radical (unpaired) electrons. The van der Waals surface area contributed by atoms with Crippen LogP contribution in [0.5, 0.6) is 0 Å². The third-order valence-electron chi connectivity index (χ3n) is 2.04. The molecule has 0 aromatic heterocycles. The lowest BCUT2D eigenvalue weighted by molar-refractivity contribution is 0.477. The third-order valence-corrected chi connectivity index (χ3v) is 2.78. The van der Waals surface area contributed by atoms with Gasteiger partial charge in [0.05, 0.1) is 10.0 Å². The van der Waals surface area contributed by atoms with Crippen molar-refractivity contribution >= 4 is 23.2 Å². The summed E-state index contributed by atoms with van der Waals surface area (Å²) in [7, 11) is 0. The molecule has 1 aromatic carbocycles. The zero-order valence-corrected chi connectivity index (χ0v) is 12.0. The van der Waals surface area contributed by atoms with Crippen LogP contribution in [0.2, 0.25) is 10.0 Å². The molecule has 0 aliphatic heterocycles. The van der Waals surface area contributed by atoms with Gasteiger partial charge in [-0.25, -0.2) is 0 Å². The van der Waals surface area contributed by atoms with Crippen LogP contribution in [0, 0.1) is 0 Å². The molecule has 0 unspecified atom stereocenters. The van der Waals surface area contributed by atoms with E-state index in [0.717, 1.165) is 12.8 Å². The maximum Gasteiger partial charge on any atom is 0.0595 e. The van der Waals surface area contributed by atoms with Crippen molar-refractivity contribution in [3.63, 3.8) is 0 Å². The molecule has 0 saturated heterocycles. The Balaban J connectivity index is 0.00000106. The summed E-state index contributed by atoms with van der Waals surface area (Å²) in [6, 6.07) is 5.71. The van der Waals surface area contributed by atoms with Gasteiger partial charge in [-0.2, -0.15) is 0 Å². The first-order chi connectivity index (χ1) is 7.38. The molecule has 0 aliphatic rings. The fraction of sp³-hybridized carbons (Fsp3) is 0.538. The topological polar surface area (TPSA) is 26.0 Å². The molecule has 0 aliphatic carbocycles. The summed E-state index contributed by atoms with van der Waals surface area (Å²) in [6.45, 7) is 8.04. The standard InChI is InChI=1S/C11H15Cl2N.C2H6/c1-11(2,14)6-5-8-3-4-9(12)10(13)7-8;1-2/h3-4,7H,5-6,14H2,1-2H3;1-2H3. The van der Waals surface area contributed by atoms with Gasteiger partial charge in [0.15, 0.2) is 0 Å². The maximum atomic E-state index is 5.90.